The predicted molar refractivity (Wildman–Crippen MR) is 81.3 cm³/mol. The number of rotatable bonds is 6. The van der Waals surface area contributed by atoms with Crippen LogP contribution < -0.4 is 10.2 Å². The number of carboxylic acid groups (broad SMARTS) is 1. The Hall–Kier alpha value is -2.41. The first-order valence-electron chi connectivity index (χ1n) is 7.55. The molecule has 2 bridgehead atoms. The number of hydrogen-bond donors (Lipinski definition) is 2. The molecule has 1 aromatic carbocycles. The third kappa shape index (κ3) is 3.68. The molecule has 2 saturated heterocycles. The van der Waals surface area contributed by atoms with Crippen molar-refractivity contribution in [2.75, 3.05) is 6.61 Å². The van der Waals surface area contributed by atoms with Gasteiger partial charge in [-0.05, 0) is 31.4 Å². The van der Waals surface area contributed by atoms with Gasteiger partial charge in [-0.15, -0.1) is 0 Å². The zero-order valence-corrected chi connectivity index (χ0v) is 12.5. The third-order valence-corrected chi connectivity index (χ3v) is 4.09. The summed E-state index contributed by atoms with van der Waals surface area (Å²) in [6.07, 6.45) is 4.39. The highest BCUT2D eigenvalue weighted by Crippen LogP contribution is 2.38. The first-order chi connectivity index (χ1) is 11.1. The van der Waals surface area contributed by atoms with Gasteiger partial charge in [0.25, 0.3) is 0 Å². The van der Waals surface area contributed by atoms with E-state index in [2.05, 4.69) is 10.5 Å². The number of nitrogens with zero attached hydrogens (tertiary/aromatic N) is 1. The molecule has 2 heterocycles. The van der Waals surface area contributed by atoms with Gasteiger partial charge in [0, 0.05) is 5.56 Å². The number of hydrazone groups is 1. The summed E-state index contributed by atoms with van der Waals surface area (Å²) in [6, 6.07) is 6.89. The molecule has 2 aliphatic rings. The molecule has 0 spiro atoms. The molecule has 7 nitrogen and oxygen atoms in total. The number of aliphatic carboxylic acids is 1. The SMILES string of the molecule is O=C(O)COc1ccccc1/C=N/NC(=O)C1CC2CCC1O2. The zero-order valence-electron chi connectivity index (χ0n) is 12.5. The van der Waals surface area contributed by atoms with Gasteiger partial charge in [-0.1, -0.05) is 12.1 Å². The number of nitrogens with one attached hydrogen (secondary N) is 1. The summed E-state index contributed by atoms with van der Waals surface area (Å²) in [5.41, 5.74) is 3.12. The Balaban J connectivity index is 1.57. The molecule has 0 aromatic heterocycles. The van der Waals surface area contributed by atoms with Crippen molar-refractivity contribution in [3.63, 3.8) is 0 Å². The molecule has 3 unspecified atom stereocenters. The number of ether oxygens (including phenoxy) is 2. The number of carbonyl (C=O) groups excluding carboxylic acids is 1. The highest BCUT2D eigenvalue weighted by atomic mass is 16.5. The molecule has 1 amide bonds. The molecule has 0 radical (unpaired) electrons. The number of carbonyl (C=O) groups is 2. The van der Waals surface area contributed by atoms with Gasteiger partial charge in [-0.25, -0.2) is 10.2 Å². The summed E-state index contributed by atoms with van der Waals surface area (Å²) >= 11 is 0. The summed E-state index contributed by atoms with van der Waals surface area (Å²) in [5.74, 6) is -0.931. The fourth-order valence-electron chi connectivity index (χ4n) is 3.02. The van der Waals surface area contributed by atoms with Gasteiger partial charge >= 0.3 is 5.97 Å². The van der Waals surface area contributed by atoms with Crippen molar-refractivity contribution in [1.82, 2.24) is 5.43 Å². The molecule has 0 saturated carbocycles. The zero-order chi connectivity index (χ0) is 16.2. The summed E-state index contributed by atoms with van der Waals surface area (Å²) in [4.78, 5) is 22.7. The Morgan fingerprint density at radius 3 is 2.91 bits per heavy atom. The lowest BCUT2D eigenvalue weighted by molar-refractivity contribution is -0.139. The van der Waals surface area contributed by atoms with Crippen molar-refractivity contribution in [1.29, 1.82) is 0 Å². The molecular weight excluding hydrogens is 300 g/mol. The normalized spacial score (nSPS) is 25.7. The second-order valence-electron chi connectivity index (χ2n) is 5.67. The Morgan fingerprint density at radius 1 is 1.39 bits per heavy atom. The van der Waals surface area contributed by atoms with Crippen LogP contribution >= 0.6 is 0 Å². The Morgan fingerprint density at radius 2 is 2.22 bits per heavy atom. The smallest absolute Gasteiger partial charge is 0.341 e. The maximum Gasteiger partial charge on any atom is 0.341 e. The third-order valence-electron chi connectivity index (χ3n) is 4.09. The average molecular weight is 318 g/mol. The second kappa shape index (κ2) is 6.78. The first-order valence-corrected chi connectivity index (χ1v) is 7.55. The van der Waals surface area contributed by atoms with Gasteiger partial charge in [-0.3, -0.25) is 4.79 Å². The van der Waals surface area contributed by atoms with Gasteiger partial charge in [0.2, 0.25) is 5.91 Å². The van der Waals surface area contributed by atoms with Crippen molar-refractivity contribution >= 4 is 18.1 Å². The Bertz CT molecular complexity index is 631. The van der Waals surface area contributed by atoms with Crippen molar-refractivity contribution in [2.24, 2.45) is 11.0 Å². The fraction of sp³-hybridized carbons (Fsp3) is 0.438. The molecule has 2 aliphatic heterocycles. The van der Waals surface area contributed by atoms with Gasteiger partial charge in [0.1, 0.15) is 5.75 Å². The van der Waals surface area contributed by atoms with Crippen LogP contribution in [0.1, 0.15) is 24.8 Å². The number of benzene rings is 1. The summed E-state index contributed by atoms with van der Waals surface area (Å²) < 4.78 is 10.8. The maximum absolute atomic E-state index is 12.1. The lowest BCUT2D eigenvalue weighted by atomic mass is 9.89. The number of para-hydroxylation sites is 1. The fourth-order valence-corrected chi connectivity index (χ4v) is 3.02. The van der Waals surface area contributed by atoms with E-state index in [0.29, 0.717) is 11.3 Å². The summed E-state index contributed by atoms with van der Waals surface area (Å²) in [5, 5.41) is 12.6. The second-order valence-corrected chi connectivity index (χ2v) is 5.67. The Kier molecular flexibility index (Phi) is 4.57. The van der Waals surface area contributed by atoms with Crippen LogP contribution in [0.5, 0.6) is 5.75 Å². The molecule has 3 rings (SSSR count). The topological polar surface area (TPSA) is 97.2 Å². The molecular formula is C16H18N2O5. The van der Waals surface area contributed by atoms with E-state index < -0.39 is 12.6 Å². The van der Waals surface area contributed by atoms with E-state index in [1.807, 2.05) is 0 Å². The van der Waals surface area contributed by atoms with E-state index >= 15 is 0 Å². The molecule has 2 fully saturated rings. The summed E-state index contributed by atoms with van der Waals surface area (Å²) in [6.45, 7) is -0.431. The highest BCUT2D eigenvalue weighted by molar-refractivity contribution is 5.86. The molecule has 23 heavy (non-hydrogen) atoms. The number of carboxylic acids is 1. The monoisotopic (exact) mass is 318 g/mol. The lowest BCUT2D eigenvalue weighted by Gasteiger charge is -2.16. The van der Waals surface area contributed by atoms with E-state index in [0.717, 1.165) is 19.3 Å². The minimum absolute atomic E-state index is 0.0152. The van der Waals surface area contributed by atoms with Gasteiger partial charge in [0.15, 0.2) is 6.61 Å². The minimum atomic E-state index is -1.05. The highest BCUT2D eigenvalue weighted by Gasteiger charge is 2.44. The maximum atomic E-state index is 12.1. The van der Waals surface area contributed by atoms with E-state index in [-0.39, 0.29) is 24.0 Å². The lowest BCUT2D eigenvalue weighted by Crippen LogP contribution is -2.33. The van der Waals surface area contributed by atoms with Crippen molar-refractivity contribution in [3.8, 4) is 5.75 Å². The van der Waals surface area contributed by atoms with Crippen molar-refractivity contribution < 1.29 is 24.2 Å². The van der Waals surface area contributed by atoms with E-state index in [9.17, 15) is 9.59 Å². The van der Waals surface area contributed by atoms with E-state index in [4.69, 9.17) is 14.6 Å². The quantitative estimate of drug-likeness (QED) is 0.606. The van der Waals surface area contributed by atoms with Gasteiger partial charge in [-0.2, -0.15) is 5.10 Å². The van der Waals surface area contributed by atoms with Crippen LogP contribution in [0.25, 0.3) is 0 Å². The van der Waals surface area contributed by atoms with Crippen LogP contribution in [0.4, 0.5) is 0 Å². The molecule has 122 valence electrons. The molecule has 7 heteroatoms. The molecule has 0 aliphatic carbocycles. The van der Waals surface area contributed by atoms with Crippen LogP contribution in [0.3, 0.4) is 0 Å². The molecule has 3 atom stereocenters. The predicted octanol–water partition coefficient (Wildman–Crippen LogP) is 1.17. The number of hydrogen-bond acceptors (Lipinski definition) is 5. The van der Waals surface area contributed by atoms with Crippen LogP contribution in [0.15, 0.2) is 29.4 Å². The molecule has 1 aromatic rings. The standard InChI is InChI=1S/C16H18N2O5/c19-15(20)9-22-13-4-2-1-3-10(13)8-17-18-16(21)12-7-11-5-6-14(12)23-11/h1-4,8,11-12,14H,5-7,9H2,(H,18,21)(H,19,20)/b17-8+. The minimum Gasteiger partial charge on any atom is -0.481 e. The largest absolute Gasteiger partial charge is 0.481 e. The number of amides is 1. The summed E-state index contributed by atoms with van der Waals surface area (Å²) in [7, 11) is 0. The first kappa shape index (κ1) is 15.5. The Labute approximate surface area is 133 Å². The van der Waals surface area contributed by atoms with Crippen LogP contribution in [0, 0.1) is 5.92 Å². The van der Waals surface area contributed by atoms with Crippen LogP contribution in [-0.2, 0) is 14.3 Å². The van der Waals surface area contributed by atoms with Crippen LogP contribution in [0.2, 0.25) is 0 Å². The molecule has 2 N–H and O–H groups in total. The van der Waals surface area contributed by atoms with E-state index in [1.54, 1.807) is 24.3 Å². The van der Waals surface area contributed by atoms with Crippen LogP contribution in [-0.4, -0.2) is 42.0 Å². The van der Waals surface area contributed by atoms with Gasteiger partial charge in [0.05, 0.1) is 24.3 Å². The van der Waals surface area contributed by atoms with Crippen molar-refractivity contribution in [3.05, 3.63) is 29.8 Å². The van der Waals surface area contributed by atoms with E-state index in [1.165, 1.54) is 6.21 Å². The van der Waals surface area contributed by atoms with Crippen molar-refractivity contribution in [2.45, 2.75) is 31.5 Å². The van der Waals surface area contributed by atoms with Gasteiger partial charge < -0.3 is 14.6 Å². The number of fused-ring (bicyclic) bond motifs is 2. The average Bonchev–Trinajstić information content (AvgIpc) is 3.17.